The van der Waals surface area contributed by atoms with Gasteiger partial charge in [-0.2, -0.15) is 0 Å². The Morgan fingerprint density at radius 3 is 2.48 bits per heavy atom. The molecular formula is C19H20ClNO4. The van der Waals surface area contributed by atoms with Gasteiger partial charge in [-0.05, 0) is 49.7 Å². The molecule has 0 fully saturated rings. The van der Waals surface area contributed by atoms with Crippen molar-refractivity contribution in [2.24, 2.45) is 0 Å². The Bertz CT molecular complexity index is 730. The molecule has 1 N–H and O–H groups in total. The van der Waals surface area contributed by atoms with E-state index in [4.69, 9.17) is 21.1 Å². The average Bonchev–Trinajstić information content (AvgIpc) is 2.58. The van der Waals surface area contributed by atoms with Crippen molar-refractivity contribution < 1.29 is 19.1 Å². The number of carbonyl (C=O) groups is 2. The highest BCUT2D eigenvalue weighted by molar-refractivity contribution is 6.30. The van der Waals surface area contributed by atoms with E-state index in [0.717, 1.165) is 11.3 Å². The summed E-state index contributed by atoms with van der Waals surface area (Å²) in [5.74, 6) is -0.174. The first-order valence-electron chi connectivity index (χ1n) is 7.90. The van der Waals surface area contributed by atoms with E-state index in [-0.39, 0.29) is 13.0 Å². The Kier molecular flexibility index (Phi) is 6.83. The number of halogens is 1. The maximum Gasteiger partial charge on any atom is 0.310 e. The highest BCUT2D eigenvalue weighted by Gasteiger charge is 2.18. The number of ether oxygens (including phenoxy) is 2. The topological polar surface area (TPSA) is 64.6 Å². The van der Waals surface area contributed by atoms with Crippen LogP contribution in [0.3, 0.4) is 0 Å². The van der Waals surface area contributed by atoms with Crippen LogP contribution < -0.4 is 10.1 Å². The first kappa shape index (κ1) is 18.8. The zero-order chi connectivity index (χ0) is 18.2. The van der Waals surface area contributed by atoms with Crippen molar-refractivity contribution >= 4 is 29.2 Å². The summed E-state index contributed by atoms with van der Waals surface area (Å²) in [7, 11) is 0. The number of benzene rings is 2. The monoisotopic (exact) mass is 361 g/mol. The predicted molar refractivity (Wildman–Crippen MR) is 96.9 cm³/mol. The second-order valence-corrected chi connectivity index (χ2v) is 5.93. The quantitative estimate of drug-likeness (QED) is 0.757. The summed E-state index contributed by atoms with van der Waals surface area (Å²) in [4.78, 5) is 23.9. The van der Waals surface area contributed by atoms with Gasteiger partial charge in [-0.25, -0.2) is 0 Å². The minimum Gasteiger partial charge on any atom is -0.493 e. The van der Waals surface area contributed by atoms with Gasteiger partial charge in [0.1, 0.15) is 5.75 Å². The SMILES string of the molecule is Cc1ccccc1OCCC(=O)O[C@H](C)C(=O)Nc1ccc(Cl)cc1. The van der Waals surface area contributed by atoms with Crippen molar-refractivity contribution in [3.05, 3.63) is 59.1 Å². The summed E-state index contributed by atoms with van der Waals surface area (Å²) >= 11 is 5.79. The number of rotatable bonds is 7. The van der Waals surface area contributed by atoms with Crippen molar-refractivity contribution in [1.29, 1.82) is 0 Å². The van der Waals surface area contributed by atoms with Crippen LogP contribution in [0.2, 0.25) is 5.02 Å². The molecule has 1 amide bonds. The van der Waals surface area contributed by atoms with Gasteiger partial charge in [0, 0.05) is 10.7 Å². The molecular weight excluding hydrogens is 342 g/mol. The molecule has 0 unspecified atom stereocenters. The molecule has 0 radical (unpaired) electrons. The van der Waals surface area contributed by atoms with E-state index in [2.05, 4.69) is 5.32 Å². The number of aryl methyl sites for hydroxylation is 1. The molecule has 2 aromatic rings. The Labute approximate surface area is 151 Å². The standard InChI is InChI=1S/C19H20ClNO4/c1-13-5-3-4-6-17(13)24-12-11-18(22)25-14(2)19(23)21-16-9-7-15(20)8-10-16/h3-10,14H,11-12H2,1-2H3,(H,21,23)/t14-/m1/s1. The van der Waals surface area contributed by atoms with Gasteiger partial charge < -0.3 is 14.8 Å². The smallest absolute Gasteiger partial charge is 0.310 e. The van der Waals surface area contributed by atoms with E-state index in [1.807, 2.05) is 31.2 Å². The van der Waals surface area contributed by atoms with Gasteiger partial charge in [-0.3, -0.25) is 9.59 Å². The first-order chi connectivity index (χ1) is 12.0. The zero-order valence-electron chi connectivity index (χ0n) is 14.1. The molecule has 0 saturated heterocycles. The molecule has 2 aromatic carbocycles. The summed E-state index contributed by atoms with van der Waals surface area (Å²) in [6.45, 7) is 3.64. The Hall–Kier alpha value is -2.53. The maximum absolute atomic E-state index is 12.0. The minimum absolute atomic E-state index is 0.0624. The van der Waals surface area contributed by atoms with Crippen LogP contribution in [0.5, 0.6) is 5.75 Å². The first-order valence-corrected chi connectivity index (χ1v) is 8.28. The van der Waals surface area contributed by atoms with Gasteiger partial charge in [-0.15, -0.1) is 0 Å². The van der Waals surface area contributed by atoms with Crippen LogP contribution in [0, 0.1) is 6.92 Å². The lowest BCUT2D eigenvalue weighted by molar-refractivity contribution is -0.153. The average molecular weight is 362 g/mol. The molecule has 0 saturated carbocycles. The summed E-state index contributed by atoms with van der Waals surface area (Å²) in [5, 5.41) is 3.23. The number of para-hydroxylation sites is 1. The van der Waals surface area contributed by atoms with E-state index in [1.165, 1.54) is 6.92 Å². The van der Waals surface area contributed by atoms with E-state index < -0.39 is 18.0 Å². The molecule has 0 heterocycles. The third kappa shape index (κ3) is 6.12. The molecule has 1 atom stereocenters. The van der Waals surface area contributed by atoms with Gasteiger partial charge in [-0.1, -0.05) is 29.8 Å². The third-order valence-electron chi connectivity index (χ3n) is 3.45. The second-order valence-electron chi connectivity index (χ2n) is 5.49. The van der Waals surface area contributed by atoms with Crippen molar-refractivity contribution in [2.75, 3.05) is 11.9 Å². The summed E-state index contributed by atoms with van der Waals surface area (Å²) in [5.41, 5.74) is 1.58. The Morgan fingerprint density at radius 1 is 1.12 bits per heavy atom. The largest absolute Gasteiger partial charge is 0.493 e. The Morgan fingerprint density at radius 2 is 1.80 bits per heavy atom. The molecule has 0 aliphatic heterocycles. The Balaban J connectivity index is 1.74. The van der Waals surface area contributed by atoms with Gasteiger partial charge in [0.15, 0.2) is 6.10 Å². The fraction of sp³-hybridized carbons (Fsp3) is 0.263. The van der Waals surface area contributed by atoms with Crippen LogP contribution in [0.1, 0.15) is 18.9 Å². The number of carbonyl (C=O) groups excluding carboxylic acids is 2. The molecule has 2 rings (SSSR count). The van der Waals surface area contributed by atoms with Crippen LogP contribution in [0.4, 0.5) is 5.69 Å². The number of esters is 1. The zero-order valence-corrected chi connectivity index (χ0v) is 14.9. The van der Waals surface area contributed by atoms with Crippen molar-refractivity contribution in [3.63, 3.8) is 0 Å². The van der Waals surface area contributed by atoms with Crippen LogP contribution >= 0.6 is 11.6 Å². The molecule has 25 heavy (non-hydrogen) atoms. The summed E-state index contributed by atoms with van der Waals surface area (Å²) < 4.78 is 10.7. The van der Waals surface area contributed by atoms with Crippen LogP contribution in [0.25, 0.3) is 0 Å². The van der Waals surface area contributed by atoms with Crippen LogP contribution in [-0.2, 0) is 14.3 Å². The van der Waals surface area contributed by atoms with Gasteiger partial charge in [0.2, 0.25) is 0 Å². The molecule has 0 aromatic heterocycles. The molecule has 0 spiro atoms. The van der Waals surface area contributed by atoms with Crippen molar-refractivity contribution in [3.8, 4) is 5.75 Å². The summed E-state index contributed by atoms with van der Waals surface area (Å²) in [6.07, 6.45) is -0.839. The number of hydrogen-bond acceptors (Lipinski definition) is 4. The van der Waals surface area contributed by atoms with E-state index in [1.54, 1.807) is 24.3 Å². The highest BCUT2D eigenvalue weighted by atomic mass is 35.5. The van der Waals surface area contributed by atoms with E-state index in [0.29, 0.717) is 10.7 Å². The number of nitrogens with one attached hydrogen (secondary N) is 1. The van der Waals surface area contributed by atoms with Crippen molar-refractivity contribution in [1.82, 2.24) is 0 Å². The predicted octanol–water partition coefficient (Wildman–Crippen LogP) is 3.99. The number of hydrogen-bond donors (Lipinski definition) is 1. The van der Waals surface area contributed by atoms with Crippen LogP contribution in [-0.4, -0.2) is 24.6 Å². The summed E-state index contributed by atoms with van der Waals surface area (Å²) in [6, 6.07) is 14.2. The molecule has 132 valence electrons. The minimum atomic E-state index is -0.901. The second kappa shape index (κ2) is 9.08. The lowest BCUT2D eigenvalue weighted by Crippen LogP contribution is -2.30. The van der Waals surface area contributed by atoms with Gasteiger partial charge in [0.05, 0.1) is 13.0 Å². The van der Waals surface area contributed by atoms with E-state index in [9.17, 15) is 9.59 Å². The fourth-order valence-corrected chi connectivity index (χ4v) is 2.18. The highest BCUT2D eigenvalue weighted by Crippen LogP contribution is 2.16. The van der Waals surface area contributed by atoms with Crippen LogP contribution in [0.15, 0.2) is 48.5 Å². The fourth-order valence-electron chi connectivity index (χ4n) is 2.05. The van der Waals surface area contributed by atoms with Crippen molar-refractivity contribution in [2.45, 2.75) is 26.4 Å². The maximum atomic E-state index is 12.0. The molecule has 0 aliphatic rings. The molecule has 5 nitrogen and oxygen atoms in total. The normalized spacial score (nSPS) is 11.5. The number of anilines is 1. The third-order valence-corrected chi connectivity index (χ3v) is 3.70. The molecule has 0 aliphatic carbocycles. The lowest BCUT2D eigenvalue weighted by Gasteiger charge is -2.14. The number of amides is 1. The molecule has 6 heteroatoms. The molecule has 0 bridgehead atoms. The van der Waals surface area contributed by atoms with E-state index >= 15 is 0 Å². The lowest BCUT2D eigenvalue weighted by atomic mass is 10.2. The van der Waals surface area contributed by atoms with Gasteiger partial charge in [0.25, 0.3) is 5.91 Å². The van der Waals surface area contributed by atoms with Gasteiger partial charge >= 0.3 is 5.97 Å².